The Kier molecular flexibility index (Phi) is 3.90. The number of fused-ring (bicyclic) bond motifs is 2. The summed E-state index contributed by atoms with van der Waals surface area (Å²) in [5.74, 6) is -0.663. The van der Waals surface area contributed by atoms with Crippen molar-refractivity contribution in [1.82, 2.24) is 10.2 Å². The van der Waals surface area contributed by atoms with Gasteiger partial charge in [-0.05, 0) is 48.1 Å². The molecule has 1 aliphatic carbocycles. The van der Waals surface area contributed by atoms with E-state index in [0.717, 1.165) is 24.0 Å². The summed E-state index contributed by atoms with van der Waals surface area (Å²) < 4.78 is 18.8. The van der Waals surface area contributed by atoms with E-state index < -0.39 is 17.4 Å². The van der Waals surface area contributed by atoms with Gasteiger partial charge in [-0.25, -0.2) is 9.18 Å². The number of nitrogens with zero attached hydrogens (tertiary/aromatic N) is 1. The highest BCUT2D eigenvalue weighted by atomic mass is 19.1. The van der Waals surface area contributed by atoms with Crippen LogP contribution in [0.1, 0.15) is 29.5 Å². The third-order valence-electron chi connectivity index (χ3n) is 5.21. The van der Waals surface area contributed by atoms with Crippen LogP contribution < -0.4 is 10.1 Å². The Morgan fingerprint density at radius 2 is 2.04 bits per heavy atom. The van der Waals surface area contributed by atoms with Crippen molar-refractivity contribution in [2.45, 2.75) is 31.3 Å². The average Bonchev–Trinajstić information content (AvgIpc) is 2.87. The lowest BCUT2D eigenvalue weighted by molar-refractivity contribution is -0.132. The first kappa shape index (κ1) is 16.6. The fourth-order valence-electron chi connectivity index (χ4n) is 3.95. The van der Waals surface area contributed by atoms with Gasteiger partial charge in [-0.3, -0.25) is 9.69 Å². The molecular formula is C20H19FN2O3. The maximum atomic E-state index is 13.9. The minimum absolute atomic E-state index is 0.0233. The van der Waals surface area contributed by atoms with Crippen molar-refractivity contribution in [3.05, 3.63) is 65.0 Å². The zero-order chi connectivity index (χ0) is 18.3. The molecule has 0 unspecified atom stereocenters. The van der Waals surface area contributed by atoms with Gasteiger partial charge in [-0.2, -0.15) is 0 Å². The van der Waals surface area contributed by atoms with E-state index in [1.54, 1.807) is 6.07 Å². The lowest BCUT2D eigenvalue weighted by Gasteiger charge is -2.33. The molecule has 0 saturated carbocycles. The smallest absolute Gasteiger partial charge is 0.325 e. The van der Waals surface area contributed by atoms with Crippen LogP contribution in [0.25, 0.3) is 0 Å². The van der Waals surface area contributed by atoms with Gasteiger partial charge in [0, 0.05) is 0 Å². The minimum Gasteiger partial charge on any atom is -0.494 e. The molecule has 1 atom stereocenters. The maximum absolute atomic E-state index is 13.9. The molecule has 0 aromatic heterocycles. The van der Waals surface area contributed by atoms with E-state index in [0.29, 0.717) is 12.0 Å². The molecule has 2 aromatic rings. The van der Waals surface area contributed by atoms with Gasteiger partial charge >= 0.3 is 6.03 Å². The van der Waals surface area contributed by atoms with Crippen LogP contribution in [0.15, 0.2) is 42.5 Å². The minimum atomic E-state index is -1.00. The number of ether oxygens (including phenoxy) is 1. The summed E-state index contributed by atoms with van der Waals surface area (Å²) in [4.78, 5) is 26.9. The van der Waals surface area contributed by atoms with Crippen LogP contribution in [0, 0.1) is 5.82 Å². The molecule has 26 heavy (non-hydrogen) atoms. The van der Waals surface area contributed by atoms with Crippen molar-refractivity contribution in [3.63, 3.8) is 0 Å². The van der Waals surface area contributed by atoms with Gasteiger partial charge in [-0.1, -0.05) is 30.3 Å². The Morgan fingerprint density at radius 1 is 1.23 bits per heavy atom. The van der Waals surface area contributed by atoms with Gasteiger partial charge in [0.15, 0.2) is 11.6 Å². The predicted molar refractivity (Wildman–Crippen MR) is 93.1 cm³/mol. The summed E-state index contributed by atoms with van der Waals surface area (Å²) in [6.07, 6.45) is 2.29. The van der Waals surface area contributed by atoms with Gasteiger partial charge in [-0.15, -0.1) is 0 Å². The number of rotatable bonds is 3. The normalized spacial score (nSPS) is 21.7. The summed E-state index contributed by atoms with van der Waals surface area (Å²) in [7, 11) is 1.39. The quantitative estimate of drug-likeness (QED) is 0.862. The number of amides is 3. The Balaban J connectivity index is 1.66. The largest absolute Gasteiger partial charge is 0.494 e. The van der Waals surface area contributed by atoms with E-state index >= 15 is 0 Å². The Labute approximate surface area is 150 Å². The summed E-state index contributed by atoms with van der Waals surface area (Å²) in [6.45, 7) is 0.0233. The monoisotopic (exact) mass is 354 g/mol. The molecule has 6 heteroatoms. The molecule has 1 fully saturated rings. The zero-order valence-electron chi connectivity index (χ0n) is 14.4. The highest BCUT2D eigenvalue weighted by molar-refractivity contribution is 6.07. The third kappa shape index (κ3) is 2.44. The number of halogens is 1. The number of carbonyl (C=O) groups is 2. The van der Waals surface area contributed by atoms with Crippen LogP contribution in [0.3, 0.4) is 0 Å². The van der Waals surface area contributed by atoms with Crippen molar-refractivity contribution >= 4 is 11.9 Å². The molecule has 1 heterocycles. The molecule has 0 radical (unpaired) electrons. The first-order valence-electron chi connectivity index (χ1n) is 8.60. The molecule has 3 amide bonds. The molecule has 134 valence electrons. The van der Waals surface area contributed by atoms with E-state index in [1.807, 2.05) is 24.3 Å². The maximum Gasteiger partial charge on any atom is 0.325 e. The predicted octanol–water partition coefficient (Wildman–Crippen LogP) is 3.12. The number of urea groups is 1. The number of aryl methyl sites for hydroxylation is 1. The van der Waals surface area contributed by atoms with Crippen molar-refractivity contribution in [1.29, 1.82) is 0 Å². The van der Waals surface area contributed by atoms with Crippen LogP contribution in [-0.4, -0.2) is 23.9 Å². The molecular weight excluding hydrogens is 335 g/mol. The number of nitrogens with one attached hydrogen (secondary N) is 1. The molecule has 4 rings (SSSR count). The van der Waals surface area contributed by atoms with Gasteiger partial charge in [0.05, 0.1) is 13.7 Å². The summed E-state index contributed by atoms with van der Waals surface area (Å²) in [5, 5.41) is 2.90. The standard InChI is InChI=1S/C20H19FN2O3/c1-26-17-9-8-13(11-16(17)21)12-23-18(24)20(22-19(23)25)10-4-6-14-5-2-3-7-15(14)20/h2-3,5,7-9,11H,4,6,10,12H2,1H3,(H,22,25)/t20-/m0/s1. The topological polar surface area (TPSA) is 58.6 Å². The fraction of sp³-hybridized carbons (Fsp3) is 0.300. The molecule has 1 saturated heterocycles. The molecule has 1 aliphatic heterocycles. The van der Waals surface area contributed by atoms with E-state index in [2.05, 4.69) is 5.32 Å². The Hall–Kier alpha value is -2.89. The number of hydrogen-bond acceptors (Lipinski definition) is 3. The molecule has 2 aromatic carbocycles. The third-order valence-corrected chi connectivity index (χ3v) is 5.21. The first-order valence-corrected chi connectivity index (χ1v) is 8.60. The van der Waals surface area contributed by atoms with Crippen molar-refractivity contribution in [2.75, 3.05) is 7.11 Å². The van der Waals surface area contributed by atoms with Gasteiger partial charge in [0.2, 0.25) is 0 Å². The Bertz CT molecular complexity index is 898. The number of hydrogen-bond donors (Lipinski definition) is 1. The first-order chi connectivity index (χ1) is 12.5. The summed E-state index contributed by atoms with van der Waals surface area (Å²) >= 11 is 0. The molecule has 1 spiro atoms. The van der Waals surface area contributed by atoms with Crippen molar-refractivity contribution in [2.24, 2.45) is 0 Å². The van der Waals surface area contributed by atoms with E-state index in [4.69, 9.17) is 4.74 Å². The van der Waals surface area contributed by atoms with Gasteiger partial charge in [0.1, 0.15) is 5.54 Å². The molecule has 1 N–H and O–H groups in total. The zero-order valence-corrected chi connectivity index (χ0v) is 14.4. The van der Waals surface area contributed by atoms with E-state index in [1.165, 1.54) is 24.1 Å². The Morgan fingerprint density at radius 3 is 2.81 bits per heavy atom. The van der Waals surface area contributed by atoms with Crippen LogP contribution >= 0.6 is 0 Å². The highest BCUT2D eigenvalue weighted by Crippen LogP contribution is 2.40. The van der Waals surface area contributed by atoms with Crippen molar-refractivity contribution in [3.8, 4) is 5.75 Å². The number of methoxy groups -OCH3 is 1. The fourth-order valence-corrected chi connectivity index (χ4v) is 3.95. The second-order valence-electron chi connectivity index (χ2n) is 6.71. The van der Waals surface area contributed by atoms with E-state index in [-0.39, 0.29) is 18.2 Å². The van der Waals surface area contributed by atoms with Crippen LogP contribution in [0.5, 0.6) is 5.75 Å². The van der Waals surface area contributed by atoms with E-state index in [9.17, 15) is 14.0 Å². The molecule has 0 bridgehead atoms. The summed E-state index contributed by atoms with van der Waals surface area (Å²) in [5.41, 5.74) is 1.49. The lowest BCUT2D eigenvalue weighted by atomic mass is 9.76. The van der Waals surface area contributed by atoms with Crippen molar-refractivity contribution < 1.29 is 18.7 Å². The summed E-state index contributed by atoms with van der Waals surface area (Å²) in [6, 6.07) is 11.7. The SMILES string of the molecule is COc1ccc(CN2C(=O)N[C@]3(CCCc4ccccc43)C2=O)cc1F. The average molecular weight is 354 g/mol. The van der Waals surface area contributed by atoms with Gasteiger partial charge < -0.3 is 10.1 Å². The molecule has 5 nitrogen and oxygen atoms in total. The highest BCUT2D eigenvalue weighted by Gasteiger charge is 2.53. The van der Waals surface area contributed by atoms with Crippen LogP contribution in [0.2, 0.25) is 0 Å². The van der Waals surface area contributed by atoms with Crippen LogP contribution in [0.4, 0.5) is 9.18 Å². The second-order valence-corrected chi connectivity index (χ2v) is 6.71. The number of imide groups is 1. The lowest BCUT2D eigenvalue weighted by Crippen LogP contribution is -2.46. The number of carbonyl (C=O) groups excluding carboxylic acids is 2. The second kappa shape index (κ2) is 6.12. The van der Waals surface area contributed by atoms with Crippen LogP contribution in [-0.2, 0) is 23.3 Å². The molecule has 2 aliphatic rings. The number of benzene rings is 2. The van der Waals surface area contributed by atoms with Gasteiger partial charge in [0.25, 0.3) is 5.91 Å².